The van der Waals surface area contributed by atoms with Crippen LogP contribution >= 0.6 is 11.3 Å². The normalized spacial score (nSPS) is 10.8. The molecule has 0 aliphatic carbocycles. The minimum atomic E-state index is 0.872. The van der Waals surface area contributed by atoms with Gasteiger partial charge in [0.2, 0.25) is 0 Å². The summed E-state index contributed by atoms with van der Waals surface area (Å²) in [4.78, 5) is 8.08. The van der Waals surface area contributed by atoms with Gasteiger partial charge in [-0.3, -0.25) is 9.88 Å². The maximum atomic E-state index is 4.41. The van der Waals surface area contributed by atoms with E-state index < -0.39 is 0 Å². The third-order valence-corrected chi connectivity index (χ3v) is 3.50. The van der Waals surface area contributed by atoms with Crippen molar-refractivity contribution in [2.24, 2.45) is 0 Å². The molecule has 0 saturated carbocycles. The Kier molecular flexibility index (Phi) is 4.73. The molecule has 0 aliphatic heterocycles. The molecule has 0 fully saturated rings. The van der Waals surface area contributed by atoms with E-state index in [0.717, 1.165) is 31.0 Å². The van der Waals surface area contributed by atoms with Crippen LogP contribution in [0.3, 0.4) is 0 Å². The molecule has 1 N–H and O–H groups in total. The van der Waals surface area contributed by atoms with Crippen LogP contribution in [-0.4, -0.2) is 23.5 Å². The Hall–Kier alpha value is -1.39. The Balaban J connectivity index is 1.93. The molecular formula is C14H19N3S. The van der Waals surface area contributed by atoms with Gasteiger partial charge in [-0.25, -0.2) is 0 Å². The van der Waals surface area contributed by atoms with Crippen LogP contribution in [0.15, 0.2) is 35.8 Å². The number of aromatic nitrogens is 1. The SMILES string of the molecule is CCNc1ccnc(CN(C)Cc2cccs2)c1. The number of rotatable bonds is 6. The van der Waals surface area contributed by atoms with Crippen LogP contribution in [-0.2, 0) is 13.1 Å². The molecule has 0 atom stereocenters. The summed E-state index contributed by atoms with van der Waals surface area (Å²) in [6.07, 6.45) is 1.87. The van der Waals surface area contributed by atoms with E-state index in [0.29, 0.717) is 0 Å². The smallest absolute Gasteiger partial charge is 0.0564 e. The van der Waals surface area contributed by atoms with Gasteiger partial charge >= 0.3 is 0 Å². The Morgan fingerprint density at radius 2 is 2.22 bits per heavy atom. The molecule has 2 rings (SSSR count). The average Bonchev–Trinajstić information content (AvgIpc) is 2.82. The van der Waals surface area contributed by atoms with Gasteiger partial charge in [0, 0.05) is 36.4 Å². The molecule has 2 aromatic rings. The summed E-state index contributed by atoms with van der Waals surface area (Å²) in [5.74, 6) is 0. The van der Waals surface area contributed by atoms with Crippen molar-refractivity contribution in [3.05, 3.63) is 46.4 Å². The molecule has 2 heterocycles. The van der Waals surface area contributed by atoms with Gasteiger partial charge in [0.1, 0.15) is 0 Å². The lowest BCUT2D eigenvalue weighted by Crippen LogP contribution is -2.17. The zero-order chi connectivity index (χ0) is 12.8. The second-order valence-electron chi connectivity index (χ2n) is 4.32. The lowest BCUT2D eigenvalue weighted by molar-refractivity contribution is 0.318. The predicted molar refractivity (Wildman–Crippen MR) is 77.9 cm³/mol. The summed E-state index contributed by atoms with van der Waals surface area (Å²) in [6, 6.07) is 8.39. The molecule has 0 bridgehead atoms. The number of nitrogens with one attached hydrogen (secondary N) is 1. The van der Waals surface area contributed by atoms with E-state index >= 15 is 0 Å². The number of pyridine rings is 1. The first-order chi connectivity index (χ1) is 8.78. The molecule has 18 heavy (non-hydrogen) atoms. The number of nitrogens with zero attached hydrogens (tertiary/aromatic N) is 2. The zero-order valence-electron chi connectivity index (χ0n) is 10.9. The topological polar surface area (TPSA) is 28.2 Å². The maximum absolute atomic E-state index is 4.41. The molecule has 0 radical (unpaired) electrons. The molecule has 0 amide bonds. The Morgan fingerprint density at radius 3 is 2.94 bits per heavy atom. The van der Waals surface area contributed by atoms with Gasteiger partial charge in [0.25, 0.3) is 0 Å². The summed E-state index contributed by atoms with van der Waals surface area (Å²) < 4.78 is 0. The molecule has 0 spiro atoms. The van der Waals surface area contributed by atoms with E-state index in [2.05, 4.69) is 52.8 Å². The first kappa shape index (κ1) is 13.1. The van der Waals surface area contributed by atoms with Crippen LogP contribution in [0, 0.1) is 0 Å². The minimum absolute atomic E-state index is 0.872. The number of hydrogen-bond acceptors (Lipinski definition) is 4. The van der Waals surface area contributed by atoms with Crippen molar-refractivity contribution in [2.45, 2.75) is 20.0 Å². The van der Waals surface area contributed by atoms with E-state index in [-0.39, 0.29) is 0 Å². The van der Waals surface area contributed by atoms with Crippen molar-refractivity contribution in [1.29, 1.82) is 0 Å². The lowest BCUT2D eigenvalue weighted by Gasteiger charge is -2.15. The minimum Gasteiger partial charge on any atom is -0.385 e. The van der Waals surface area contributed by atoms with Crippen molar-refractivity contribution in [3.8, 4) is 0 Å². The second-order valence-corrected chi connectivity index (χ2v) is 5.35. The highest BCUT2D eigenvalue weighted by molar-refractivity contribution is 7.09. The van der Waals surface area contributed by atoms with E-state index in [1.807, 2.05) is 12.3 Å². The van der Waals surface area contributed by atoms with E-state index in [9.17, 15) is 0 Å². The second kappa shape index (κ2) is 6.52. The third kappa shape index (κ3) is 3.82. The fourth-order valence-electron chi connectivity index (χ4n) is 1.88. The van der Waals surface area contributed by atoms with Gasteiger partial charge in [-0.1, -0.05) is 6.07 Å². The zero-order valence-corrected chi connectivity index (χ0v) is 11.7. The highest BCUT2D eigenvalue weighted by Crippen LogP contribution is 2.13. The van der Waals surface area contributed by atoms with Gasteiger partial charge in [-0.15, -0.1) is 11.3 Å². The summed E-state index contributed by atoms with van der Waals surface area (Å²) in [6.45, 7) is 4.89. The lowest BCUT2D eigenvalue weighted by atomic mass is 10.3. The predicted octanol–water partition coefficient (Wildman–Crippen LogP) is 3.21. The van der Waals surface area contributed by atoms with Gasteiger partial charge in [0.05, 0.1) is 5.69 Å². The van der Waals surface area contributed by atoms with Crippen LogP contribution in [0.2, 0.25) is 0 Å². The van der Waals surface area contributed by atoms with Crippen molar-refractivity contribution in [3.63, 3.8) is 0 Å². The highest BCUT2D eigenvalue weighted by Gasteiger charge is 2.04. The summed E-state index contributed by atoms with van der Waals surface area (Å²) >= 11 is 1.80. The first-order valence-electron chi connectivity index (χ1n) is 6.17. The fraction of sp³-hybridized carbons (Fsp3) is 0.357. The quantitative estimate of drug-likeness (QED) is 0.865. The van der Waals surface area contributed by atoms with Gasteiger partial charge in [-0.2, -0.15) is 0 Å². The summed E-state index contributed by atoms with van der Waals surface area (Å²) in [7, 11) is 2.13. The van der Waals surface area contributed by atoms with Crippen molar-refractivity contribution in [1.82, 2.24) is 9.88 Å². The Labute approximate surface area is 112 Å². The van der Waals surface area contributed by atoms with Crippen LogP contribution in [0.1, 0.15) is 17.5 Å². The molecule has 3 nitrogen and oxygen atoms in total. The van der Waals surface area contributed by atoms with Gasteiger partial charge in [0.15, 0.2) is 0 Å². The molecule has 0 unspecified atom stereocenters. The average molecular weight is 261 g/mol. The number of anilines is 1. The van der Waals surface area contributed by atoms with Crippen LogP contribution in [0.25, 0.3) is 0 Å². The van der Waals surface area contributed by atoms with E-state index in [4.69, 9.17) is 0 Å². The van der Waals surface area contributed by atoms with E-state index in [1.165, 1.54) is 4.88 Å². The molecular weight excluding hydrogens is 242 g/mol. The van der Waals surface area contributed by atoms with Crippen LogP contribution in [0.5, 0.6) is 0 Å². The monoisotopic (exact) mass is 261 g/mol. The van der Waals surface area contributed by atoms with Crippen LogP contribution < -0.4 is 5.32 Å². The number of hydrogen-bond donors (Lipinski definition) is 1. The van der Waals surface area contributed by atoms with E-state index in [1.54, 1.807) is 11.3 Å². The molecule has 0 aromatic carbocycles. The van der Waals surface area contributed by atoms with Gasteiger partial charge < -0.3 is 5.32 Å². The van der Waals surface area contributed by atoms with Crippen molar-refractivity contribution < 1.29 is 0 Å². The molecule has 4 heteroatoms. The molecule has 0 saturated heterocycles. The number of thiophene rings is 1. The first-order valence-corrected chi connectivity index (χ1v) is 7.05. The maximum Gasteiger partial charge on any atom is 0.0564 e. The Morgan fingerprint density at radius 1 is 1.33 bits per heavy atom. The highest BCUT2D eigenvalue weighted by atomic mass is 32.1. The Bertz CT molecular complexity index is 468. The summed E-state index contributed by atoms with van der Waals surface area (Å²) in [5.41, 5.74) is 2.25. The third-order valence-electron chi connectivity index (χ3n) is 2.64. The summed E-state index contributed by atoms with van der Waals surface area (Å²) in [5, 5.41) is 5.43. The van der Waals surface area contributed by atoms with Crippen LogP contribution in [0.4, 0.5) is 5.69 Å². The van der Waals surface area contributed by atoms with Crippen molar-refractivity contribution in [2.75, 3.05) is 18.9 Å². The molecule has 96 valence electrons. The molecule has 2 aromatic heterocycles. The molecule has 0 aliphatic rings. The largest absolute Gasteiger partial charge is 0.385 e. The van der Waals surface area contributed by atoms with Crippen molar-refractivity contribution >= 4 is 17.0 Å². The van der Waals surface area contributed by atoms with Gasteiger partial charge in [-0.05, 0) is 37.6 Å². The standard InChI is InChI=1S/C14H19N3S/c1-3-15-12-6-7-16-13(9-12)10-17(2)11-14-5-4-8-18-14/h4-9H,3,10-11H2,1-2H3,(H,15,16). The fourth-order valence-corrected chi connectivity index (χ4v) is 2.66.